The van der Waals surface area contributed by atoms with Gasteiger partial charge in [-0.25, -0.2) is 0 Å². The summed E-state index contributed by atoms with van der Waals surface area (Å²) in [5.74, 6) is 0.456. The molecule has 1 aromatic carbocycles. The molecule has 6 nitrogen and oxygen atoms in total. The molecule has 0 spiro atoms. The Labute approximate surface area is 127 Å². The average molecular weight is 332 g/mol. The van der Waals surface area contributed by atoms with Gasteiger partial charge >= 0.3 is 0 Å². The summed E-state index contributed by atoms with van der Waals surface area (Å²) in [6.07, 6.45) is 0. The summed E-state index contributed by atoms with van der Waals surface area (Å²) >= 11 is 5.97. The zero-order chi connectivity index (χ0) is 15.6. The first-order valence-electron chi connectivity index (χ1n) is 5.94. The summed E-state index contributed by atoms with van der Waals surface area (Å²) in [5, 5.41) is 9.09. The number of nitrogens with one attached hydrogen (secondary N) is 1. The second-order valence-corrected chi connectivity index (χ2v) is 6.31. The Balaban J connectivity index is 2.38. The van der Waals surface area contributed by atoms with E-state index < -0.39 is 10.0 Å². The van der Waals surface area contributed by atoms with E-state index in [4.69, 9.17) is 25.9 Å². The van der Waals surface area contributed by atoms with Crippen LogP contribution in [0.4, 0.5) is 5.69 Å². The smallest absolute Gasteiger partial charge is 0.295 e. The molecule has 0 saturated heterocycles. The minimum Gasteiger partial charge on any atom is -0.495 e. The van der Waals surface area contributed by atoms with Crippen LogP contribution >= 0.6 is 11.6 Å². The number of aliphatic hydroxyl groups is 1. The number of sulfonamides is 1. The molecule has 2 N–H and O–H groups in total. The number of hydrogen-bond acceptors (Lipinski definition) is 5. The maximum absolute atomic E-state index is 12.2. The van der Waals surface area contributed by atoms with Crippen molar-refractivity contribution in [2.24, 2.45) is 0 Å². The Kier molecular flexibility index (Phi) is 4.46. The van der Waals surface area contributed by atoms with Crippen molar-refractivity contribution >= 4 is 27.3 Å². The van der Waals surface area contributed by atoms with Crippen molar-refractivity contribution in [3.63, 3.8) is 0 Å². The van der Waals surface area contributed by atoms with Crippen LogP contribution in [0.5, 0.6) is 5.75 Å². The monoisotopic (exact) mass is 331 g/mol. The number of aliphatic hydroxyl groups excluding tert-OH is 1. The van der Waals surface area contributed by atoms with Crippen LogP contribution in [-0.4, -0.2) is 20.6 Å². The van der Waals surface area contributed by atoms with Crippen LogP contribution in [0.1, 0.15) is 11.3 Å². The summed E-state index contributed by atoms with van der Waals surface area (Å²) in [7, 11) is -2.50. The zero-order valence-electron chi connectivity index (χ0n) is 11.4. The van der Waals surface area contributed by atoms with Crippen LogP contribution in [0.3, 0.4) is 0 Å². The van der Waals surface area contributed by atoms with E-state index in [1.807, 2.05) is 0 Å². The highest BCUT2D eigenvalue weighted by molar-refractivity contribution is 7.92. The molecule has 21 heavy (non-hydrogen) atoms. The third-order valence-corrected chi connectivity index (χ3v) is 4.43. The van der Waals surface area contributed by atoms with Crippen LogP contribution < -0.4 is 9.46 Å². The summed E-state index contributed by atoms with van der Waals surface area (Å²) in [5.41, 5.74) is 0.951. The lowest BCUT2D eigenvalue weighted by Gasteiger charge is -2.12. The van der Waals surface area contributed by atoms with Crippen LogP contribution in [-0.2, 0) is 16.6 Å². The van der Waals surface area contributed by atoms with E-state index in [9.17, 15) is 8.42 Å². The maximum atomic E-state index is 12.2. The molecule has 0 bridgehead atoms. The lowest BCUT2D eigenvalue weighted by atomic mass is 10.2. The molecule has 0 radical (unpaired) electrons. The van der Waals surface area contributed by atoms with E-state index in [1.165, 1.54) is 25.3 Å². The number of benzene rings is 1. The van der Waals surface area contributed by atoms with Crippen LogP contribution in [0.2, 0.25) is 5.02 Å². The van der Waals surface area contributed by atoms with Gasteiger partial charge in [-0.1, -0.05) is 11.6 Å². The van der Waals surface area contributed by atoms with Crippen molar-refractivity contribution in [2.75, 3.05) is 11.8 Å². The zero-order valence-corrected chi connectivity index (χ0v) is 13.0. The van der Waals surface area contributed by atoms with Crippen molar-refractivity contribution in [2.45, 2.75) is 18.6 Å². The van der Waals surface area contributed by atoms with Crippen molar-refractivity contribution in [3.05, 3.63) is 40.6 Å². The molecule has 114 valence electrons. The van der Waals surface area contributed by atoms with Gasteiger partial charge in [0.2, 0.25) is 5.09 Å². The van der Waals surface area contributed by atoms with Gasteiger partial charge < -0.3 is 14.3 Å². The standard InChI is InChI=1S/C13H14ClNO5S/c1-8-5-11(12(19-2)6-10(8)14)15-21(17,18)13-4-3-9(7-16)20-13/h3-6,15-16H,7H2,1-2H3. The van der Waals surface area contributed by atoms with Gasteiger partial charge in [0.15, 0.2) is 0 Å². The molecule has 0 aliphatic heterocycles. The molecule has 0 atom stereocenters. The van der Waals surface area contributed by atoms with E-state index in [0.29, 0.717) is 16.3 Å². The number of anilines is 1. The maximum Gasteiger partial charge on any atom is 0.295 e. The third-order valence-electron chi connectivity index (χ3n) is 2.78. The van der Waals surface area contributed by atoms with Crippen LogP contribution in [0.15, 0.2) is 33.8 Å². The summed E-state index contributed by atoms with van der Waals surface area (Å²) in [4.78, 5) is 0. The Morgan fingerprint density at radius 3 is 2.67 bits per heavy atom. The van der Waals surface area contributed by atoms with Gasteiger partial charge in [-0.05, 0) is 30.7 Å². The highest BCUT2D eigenvalue weighted by Crippen LogP contribution is 2.32. The molecule has 1 aromatic heterocycles. The molecular formula is C13H14ClNO5S. The molecule has 0 unspecified atom stereocenters. The fourth-order valence-corrected chi connectivity index (χ4v) is 2.86. The molecule has 8 heteroatoms. The van der Waals surface area contributed by atoms with Gasteiger partial charge in [0.05, 0.1) is 12.8 Å². The normalized spacial score (nSPS) is 11.4. The van der Waals surface area contributed by atoms with Crippen molar-refractivity contribution < 1.29 is 22.7 Å². The number of halogens is 1. The number of aryl methyl sites for hydroxylation is 1. The molecule has 0 amide bonds. The van der Waals surface area contributed by atoms with Crippen molar-refractivity contribution in [1.82, 2.24) is 0 Å². The van der Waals surface area contributed by atoms with Gasteiger partial charge in [0, 0.05) is 11.1 Å². The Bertz CT molecular complexity index is 754. The van der Waals surface area contributed by atoms with Gasteiger partial charge in [-0.15, -0.1) is 0 Å². The molecule has 2 aromatic rings. The molecule has 1 heterocycles. The topological polar surface area (TPSA) is 88.8 Å². The Hall–Kier alpha value is -1.70. The fourth-order valence-electron chi connectivity index (χ4n) is 1.69. The van der Waals surface area contributed by atoms with Gasteiger partial charge in [0.1, 0.15) is 18.1 Å². The van der Waals surface area contributed by atoms with E-state index in [2.05, 4.69) is 4.72 Å². The lowest BCUT2D eigenvalue weighted by molar-refractivity contribution is 0.236. The molecular weight excluding hydrogens is 318 g/mol. The minimum atomic E-state index is -3.92. The number of methoxy groups -OCH3 is 1. The third kappa shape index (κ3) is 3.31. The van der Waals surface area contributed by atoms with E-state index in [-0.39, 0.29) is 23.1 Å². The van der Waals surface area contributed by atoms with E-state index >= 15 is 0 Å². The SMILES string of the molecule is COc1cc(Cl)c(C)cc1NS(=O)(=O)c1ccc(CO)o1. The minimum absolute atomic E-state index is 0.162. The first-order chi connectivity index (χ1) is 9.87. The number of ether oxygens (including phenoxy) is 1. The second kappa shape index (κ2) is 5.97. The predicted octanol–water partition coefficient (Wildman–Crippen LogP) is 2.54. The van der Waals surface area contributed by atoms with Crippen LogP contribution in [0.25, 0.3) is 0 Å². The second-order valence-electron chi connectivity index (χ2n) is 4.29. The summed E-state index contributed by atoms with van der Waals surface area (Å²) < 4.78 is 37.0. The first kappa shape index (κ1) is 15.7. The van der Waals surface area contributed by atoms with Crippen LogP contribution in [0, 0.1) is 6.92 Å². The first-order valence-corrected chi connectivity index (χ1v) is 7.80. The highest BCUT2D eigenvalue weighted by atomic mass is 35.5. The van der Waals surface area contributed by atoms with Gasteiger partial charge in [0.25, 0.3) is 10.0 Å². The predicted molar refractivity (Wildman–Crippen MR) is 78.2 cm³/mol. The highest BCUT2D eigenvalue weighted by Gasteiger charge is 2.21. The van der Waals surface area contributed by atoms with E-state index in [1.54, 1.807) is 13.0 Å². The fraction of sp³-hybridized carbons (Fsp3) is 0.231. The number of furan rings is 1. The van der Waals surface area contributed by atoms with E-state index in [0.717, 1.165) is 0 Å². The molecule has 2 rings (SSSR count). The largest absolute Gasteiger partial charge is 0.495 e. The van der Waals surface area contributed by atoms with Gasteiger partial charge in [-0.2, -0.15) is 8.42 Å². The quantitative estimate of drug-likeness (QED) is 0.879. The number of rotatable bonds is 5. The summed E-state index contributed by atoms with van der Waals surface area (Å²) in [6.45, 7) is 1.37. The molecule has 0 aliphatic rings. The van der Waals surface area contributed by atoms with Gasteiger partial charge in [-0.3, -0.25) is 4.72 Å². The Morgan fingerprint density at radius 2 is 2.10 bits per heavy atom. The molecule has 0 saturated carbocycles. The summed E-state index contributed by atoms with van der Waals surface area (Å²) in [6, 6.07) is 5.74. The van der Waals surface area contributed by atoms with Crippen molar-refractivity contribution in [3.8, 4) is 5.75 Å². The molecule has 0 fully saturated rings. The average Bonchev–Trinajstić information content (AvgIpc) is 2.92. The Morgan fingerprint density at radius 1 is 1.38 bits per heavy atom. The number of hydrogen-bond donors (Lipinski definition) is 2. The molecule has 0 aliphatic carbocycles. The van der Waals surface area contributed by atoms with Crippen molar-refractivity contribution in [1.29, 1.82) is 0 Å². The lowest BCUT2D eigenvalue weighted by Crippen LogP contribution is -2.13.